The average Bonchev–Trinajstić information content (AvgIpc) is 3.00. The van der Waals surface area contributed by atoms with Crippen LogP contribution in [0.4, 0.5) is 23.1 Å². The van der Waals surface area contributed by atoms with Gasteiger partial charge in [-0.05, 0) is 44.0 Å². The molecule has 4 rings (SSSR count). The summed E-state index contributed by atoms with van der Waals surface area (Å²) >= 11 is 6.41. The highest BCUT2D eigenvalue weighted by Gasteiger charge is 2.28. The molecule has 3 N–H and O–H groups in total. The summed E-state index contributed by atoms with van der Waals surface area (Å²) in [6.07, 6.45) is 6.38. The van der Waals surface area contributed by atoms with Crippen LogP contribution in [0.15, 0.2) is 24.4 Å². The Balaban J connectivity index is 1.53. The maximum Gasteiger partial charge on any atom is 0.229 e. The summed E-state index contributed by atoms with van der Waals surface area (Å²) in [5.74, 6) is 0.937. The van der Waals surface area contributed by atoms with Crippen molar-refractivity contribution in [3.05, 3.63) is 35.0 Å². The van der Waals surface area contributed by atoms with Crippen LogP contribution in [-0.2, 0) is 16.6 Å². The molecule has 1 saturated carbocycles. The van der Waals surface area contributed by atoms with Crippen molar-refractivity contribution in [2.45, 2.75) is 58.2 Å². The molecule has 0 amide bonds. The number of aromatic nitrogens is 2. The largest absolute Gasteiger partial charge is 0.370 e. The Morgan fingerprint density at radius 2 is 1.89 bits per heavy atom. The number of nitrogens with zero attached hydrogens (tertiary/aromatic N) is 4. The minimum atomic E-state index is -3.31. The van der Waals surface area contributed by atoms with Gasteiger partial charge in [-0.2, -0.15) is 4.98 Å². The Hall–Kier alpha value is -2.14. The third-order valence-corrected chi connectivity index (χ3v) is 7.80. The van der Waals surface area contributed by atoms with Gasteiger partial charge in [-0.1, -0.05) is 37.4 Å². The molecule has 192 valence electrons. The Morgan fingerprint density at radius 1 is 1.11 bits per heavy atom. The van der Waals surface area contributed by atoms with Gasteiger partial charge in [0.15, 0.2) is 5.82 Å². The lowest BCUT2D eigenvalue weighted by Gasteiger charge is -2.32. The van der Waals surface area contributed by atoms with Crippen molar-refractivity contribution in [3.8, 4) is 0 Å². The van der Waals surface area contributed by atoms with Crippen LogP contribution in [0, 0.1) is 0 Å². The van der Waals surface area contributed by atoms with Gasteiger partial charge in [0.1, 0.15) is 5.02 Å². The van der Waals surface area contributed by atoms with Crippen molar-refractivity contribution in [1.82, 2.24) is 19.6 Å². The fourth-order valence-corrected chi connectivity index (χ4v) is 5.90. The van der Waals surface area contributed by atoms with Crippen LogP contribution in [0.3, 0.4) is 0 Å². The second kappa shape index (κ2) is 11.3. The molecule has 1 fully saturated rings. The molecule has 2 aromatic rings. The summed E-state index contributed by atoms with van der Waals surface area (Å²) in [5.41, 5.74) is 3.46. The molecule has 9 nitrogen and oxygen atoms in total. The molecule has 2 heterocycles. The Labute approximate surface area is 213 Å². The maximum absolute atomic E-state index is 11.8. The number of likely N-dealkylation sites (N-methyl/N-ethyl adjacent to an activating group) is 2. The number of hydrogen-bond donors (Lipinski definition) is 3. The first kappa shape index (κ1) is 25.9. The molecule has 1 aliphatic heterocycles. The van der Waals surface area contributed by atoms with Gasteiger partial charge in [0.2, 0.25) is 16.0 Å². The zero-order valence-corrected chi connectivity index (χ0v) is 22.3. The van der Waals surface area contributed by atoms with Gasteiger partial charge in [0.25, 0.3) is 0 Å². The first-order valence-corrected chi connectivity index (χ1v) is 14.7. The average molecular weight is 522 g/mol. The zero-order valence-electron chi connectivity index (χ0n) is 20.7. The molecule has 35 heavy (non-hydrogen) atoms. The molecule has 1 aromatic carbocycles. The molecule has 0 spiro atoms. The summed E-state index contributed by atoms with van der Waals surface area (Å²) in [6, 6.07) is 6.10. The van der Waals surface area contributed by atoms with Crippen molar-refractivity contribution in [3.63, 3.8) is 0 Å². The predicted octanol–water partition coefficient (Wildman–Crippen LogP) is 3.81. The van der Waals surface area contributed by atoms with E-state index >= 15 is 0 Å². The monoisotopic (exact) mass is 521 g/mol. The van der Waals surface area contributed by atoms with E-state index in [1.807, 2.05) is 0 Å². The van der Waals surface area contributed by atoms with E-state index in [0.717, 1.165) is 64.1 Å². The highest BCUT2D eigenvalue weighted by molar-refractivity contribution is 7.88. The molecule has 0 unspecified atom stereocenters. The van der Waals surface area contributed by atoms with E-state index in [0.29, 0.717) is 16.8 Å². The number of fused-ring (bicyclic) bond motifs is 1. The van der Waals surface area contributed by atoms with Crippen LogP contribution in [0.25, 0.3) is 0 Å². The fourth-order valence-electron chi connectivity index (χ4n) is 4.92. The molecule has 0 saturated heterocycles. The molecule has 2 atom stereocenters. The lowest BCUT2D eigenvalue weighted by Crippen LogP contribution is -2.48. The second-order valence-corrected chi connectivity index (χ2v) is 11.5. The van der Waals surface area contributed by atoms with E-state index in [1.54, 1.807) is 6.20 Å². The number of sulfonamides is 1. The normalized spacial score (nSPS) is 21.3. The molecular weight excluding hydrogens is 486 g/mol. The standard InChI is InChI=1S/C24H36ClN7O2S/c1-4-31-12-13-32(5-2)22-14-18(11-10-17(22)16-31)27-24-26-15-19(25)23(29-24)28-20-8-6-7-9-21(20)30-35(3,33)34/h10-11,14-15,20-21,30H,4-9,12-13,16H2,1-3H3,(H2,26,27,28,29)/t20-,21-/m1/s1. The fraction of sp³-hybridized carbons (Fsp3) is 0.583. The Bertz CT molecular complexity index is 1130. The SMILES string of the molecule is CCN1CCN(CC)c2cc(Nc3ncc(Cl)c(N[C@@H]4CCCC[C@H]4NS(C)(=O)=O)n3)ccc2C1. The lowest BCUT2D eigenvalue weighted by atomic mass is 9.91. The van der Waals surface area contributed by atoms with Gasteiger partial charge in [-0.15, -0.1) is 0 Å². The van der Waals surface area contributed by atoms with E-state index in [2.05, 4.69) is 67.2 Å². The third kappa shape index (κ3) is 6.75. The van der Waals surface area contributed by atoms with Gasteiger partial charge in [-0.25, -0.2) is 18.1 Å². The molecule has 0 radical (unpaired) electrons. The van der Waals surface area contributed by atoms with Gasteiger partial charge < -0.3 is 15.5 Å². The molecular formula is C24H36ClN7O2S. The van der Waals surface area contributed by atoms with E-state index in [-0.39, 0.29) is 12.1 Å². The van der Waals surface area contributed by atoms with Crippen molar-refractivity contribution in [2.24, 2.45) is 0 Å². The number of anilines is 4. The highest BCUT2D eigenvalue weighted by atomic mass is 35.5. The van der Waals surface area contributed by atoms with Gasteiger partial charge >= 0.3 is 0 Å². The predicted molar refractivity (Wildman–Crippen MR) is 143 cm³/mol. The van der Waals surface area contributed by atoms with Crippen molar-refractivity contribution < 1.29 is 8.42 Å². The zero-order chi connectivity index (χ0) is 25.0. The van der Waals surface area contributed by atoms with E-state index in [4.69, 9.17) is 11.6 Å². The molecule has 11 heteroatoms. The molecule has 2 aliphatic rings. The van der Waals surface area contributed by atoms with Crippen LogP contribution < -0.4 is 20.3 Å². The first-order valence-electron chi connectivity index (χ1n) is 12.4. The van der Waals surface area contributed by atoms with Crippen LogP contribution in [0.1, 0.15) is 45.1 Å². The van der Waals surface area contributed by atoms with E-state index < -0.39 is 10.0 Å². The minimum absolute atomic E-state index is 0.0918. The molecule has 0 bridgehead atoms. The smallest absolute Gasteiger partial charge is 0.229 e. The van der Waals surface area contributed by atoms with Crippen LogP contribution in [0.5, 0.6) is 0 Å². The van der Waals surface area contributed by atoms with Gasteiger partial charge in [0, 0.05) is 49.6 Å². The van der Waals surface area contributed by atoms with Crippen molar-refractivity contribution in [2.75, 3.05) is 48.0 Å². The first-order chi connectivity index (χ1) is 16.8. The number of halogens is 1. The van der Waals surface area contributed by atoms with Crippen LogP contribution in [0.2, 0.25) is 5.02 Å². The second-order valence-electron chi connectivity index (χ2n) is 9.34. The minimum Gasteiger partial charge on any atom is -0.370 e. The van der Waals surface area contributed by atoms with Crippen LogP contribution >= 0.6 is 11.6 Å². The van der Waals surface area contributed by atoms with Crippen molar-refractivity contribution >= 4 is 44.8 Å². The number of nitrogens with one attached hydrogen (secondary N) is 3. The number of rotatable bonds is 8. The summed E-state index contributed by atoms with van der Waals surface area (Å²) in [4.78, 5) is 13.9. The summed E-state index contributed by atoms with van der Waals surface area (Å²) in [7, 11) is -3.31. The quantitative estimate of drug-likeness (QED) is 0.482. The maximum atomic E-state index is 11.8. The Morgan fingerprint density at radius 3 is 2.60 bits per heavy atom. The van der Waals surface area contributed by atoms with Gasteiger partial charge in [-0.3, -0.25) is 4.90 Å². The summed E-state index contributed by atoms with van der Waals surface area (Å²) in [5, 5.41) is 7.10. The van der Waals surface area contributed by atoms with Crippen LogP contribution in [-0.4, -0.2) is 67.8 Å². The summed E-state index contributed by atoms with van der Waals surface area (Å²) in [6.45, 7) is 9.36. The summed E-state index contributed by atoms with van der Waals surface area (Å²) < 4.78 is 26.4. The number of benzene rings is 1. The van der Waals surface area contributed by atoms with E-state index in [1.165, 1.54) is 17.5 Å². The number of hydrogen-bond acceptors (Lipinski definition) is 8. The Kier molecular flexibility index (Phi) is 8.36. The molecule has 1 aromatic heterocycles. The molecule has 1 aliphatic carbocycles. The third-order valence-electron chi connectivity index (χ3n) is 6.79. The van der Waals surface area contributed by atoms with E-state index in [9.17, 15) is 8.42 Å². The van der Waals surface area contributed by atoms with Crippen molar-refractivity contribution in [1.29, 1.82) is 0 Å². The highest BCUT2D eigenvalue weighted by Crippen LogP contribution is 2.31. The lowest BCUT2D eigenvalue weighted by molar-refractivity contribution is 0.293. The van der Waals surface area contributed by atoms with Gasteiger partial charge in [0.05, 0.1) is 12.5 Å². The topological polar surface area (TPSA) is 102 Å².